The number of hydrogen-bond donors (Lipinski definition) is 1. The van der Waals surface area contributed by atoms with Crippen LogP contribution in [0.4, 0.5) is 0 Å². The molecule has 1 aromatic rings. The summed E-state index contributed by atoms with van der Waals surface area (Å²) in [5.74, 6) is 0.986. The number of halogens is 2. The molecule has 5 nitrogen and oxygen atoms in total. The maximum atomic E-state index is 12.3. The third-order valence-electron chi connectivity index (χ3n) is 3.94. The Morgan fingerprint density at radius 3 is 2.61 bits per heavy atom. The van der Waals surface area contributed by atoms with Crippen molar-refractivity contribution in [2.45, 2.75) is 18.9 Å². The van der Waals surface area contributed by atoms with Crippen LogP contribution in [-0.2, 0) is 9.53 Å². The molecule has 0 aliphatic carbocycles. The number of nitrogens with zero attached hydrogens (tertiary/aromatic N) is 1. The second kappa shape index (κ2) is 10.1. The third-order valence-corrected chi connectivity index (χ3v) is 4.47. The zero-order valence-electron chi connectivity index (χ0n) is 13.2. The first-order valence-electron chi connectivity index (χ1n) is 7.54. The normalized spacial score (nSPS) is 16.3. The molecule has 2 rings (SSSR count). The highest BCUT2D eigenvalue weighted by molar-refractivity contribution is 9.10. The fraction of sp³-hybridized carbons (Fsp3) is 0.562. The zero-order chi connectivity index (χ0) is 15.9. The van der Waals surface area contributed by atoms with E-state index in [1.54, 1.807) is 11.9 Å². The highest BCUT2D eigenvalue weighted by atomic mass is 79.9. The molecule has 0 bridgehead atoms. The number of carbonyl (C=O) groups is 1. The van der Waals surface area contributed by atoms with Crippen LogP contribution in [0.5, 0.6) is 5.75 Å². The molecule has 130 valence electrons. The summed E-state index contributed by atoms with van der Waals surface area (Å²) in [6.07, 6.45) is 1.71. The number of rotatable bonds is 6. The highest BCUT2D eigenvalue weighted by Gasteiger charge is 2.28. The number of ether oxygens (including phenoxy) is 2. The van der Waals surface area contributed by atoms with Gasteiger partial charge in [-0.2, -0.15) is 0 Å². The van der Waals surface area contributed by atoms with Crippen molar-refractivity contribution >= 4 is 34.2 Å². The fourth-order valence-electron chi connectivity index (χ4n) is 2.47. The maximum absolute atomic E-state index is 12.3. The van der Waals surface area contributed by atoms with E-state index in [1.807, 2.05) is 24.3 Å². The molecule has 1 aliphatic heterocycles. The van der Waals surface area contributed by atoms with Crippen LogP contribution in [0, 0.1) is 5.92 Å². The highest BCUT2D eigenvalue weighted by Crippen LogP contribution is 2.19. The first-order chi connectivity index (χ1) is 10.6. The first-order valence-corrected chi connectivity index (χ1v) is 8.34. The molecule has 0 spiro atoms. The average molecular weight is 408 g/mol. The largest absolute Gasteiger partial charge is 0.492 e. The van der Waals surface area contributed by atoms with Crippen molar-refractivity contribution in [3.8, 4) is 5.75 Å². The minimum Gasteiger partial charge on any atom is -0.492 e. The van der Waals surface area contributed by atoms with Crippen LogP contribution < -0.4 is 10.5 Å². The van der Waals surface area contributed by atoms with Crippen LogP contribution in [0.15, 0.2) is 28.7 Å². The van der Waals surface area contributed by atoms with Gasteiger partial charge < -0.3 is 20.1 Å². The summed E-state index contributed by atoms with van der Waals surface area (Å²) >= 11 is 3.38. The van der Waals surface area contributed by atoms with E-state index < -0.39 is 6.04 Å². The molecule has 2 N–H and O–H groups in total. The molecule has 1 unspecified atom stereocenters. The number of benzene rings is 1. The average Bonchev–Trinajstić information content (AvgIpc) is 2.56. The molecule has 1 fully saturated rings. The molecule has 0 saturated carbocycles. The number of amides is 1. The Morgan fingerprint density at radius 1 is 1.39 bits per heavy atom. The van der Waals surface area contributed by atoms with Gasteiger partial charge in [0, 0.05) is 24.7 Å². The molecule has 1 saturated heterocycles. The molecule has 1 heterocycles. The van der Waals surface area contributed by atoms with Gasteiger partial charge in [0.2, 0.25) is 5.91 Å². The smallest absolute Gasteiger partial charge is 0.239 e. The van der Waals surface area contributed by atoms with Crippen molar-refractivity contribution in [3.63, 3.8) is 0 Å². The Morgan fingerprint density at radius 2 is 2.00 bits per heavy atom. The van der Waals surface area contributed by atoms with Gasteiger partial charge in [-0.3, -0.25) is 4.79 Å². The van der Waals surface area contributed by atoms with E-state index in [2.05, 4.69) is 15.9 Å². The van der Waals surface area contributed by atoms with E-state index in [4.69, 9.17) is 15.2 Å². The molecule has 0 aromatic heterocycles. The standard InChI is InChI=1S/C16H23BrN2O3.ClH/c1-19(8-11-22-14-4-2-13(17)3-5-14)16(20)15(18)12-6-9-21-10-7-12;/h2-5,12,15H,6-11,18H2,1H3;1H. The van der Waals surface area contributed by atoms with E-state index in [-0.39, 0.29) is 24.2 Å². The summed E-state index contributed by atoms with van der Waals surface area (Å²) in [7, 11) is 1.77. The lowest BCUT2D eigenvalue weighted by Crippen LogP contribution is -2.48. The van der Waals surface area contributed by atoms with E-state index >= 15 is 0 Å². The van der Waals surface area contributed by atoms with Gasteiger partial charge in [0.25, 0.3) is 0 Å². The Hall–Kier alpha value is -0.820. The van der Waals surface area contributed by atoms with Crippen molar-refractivity contribution < 1.29 is 14.3 Å². The summed E-state index contributed by atoms with van der Waals surface area (Å²) in [4.78, 5) is 14.0. The second-order valence-corrected chi connectivity index (χ2v) is 6.45. The van der Waals surface area contributed by atoms with Crippen molar-refractivity contribution in [2.24, 2.45) is 11.7 Å². The topological polar surface area (TPSA) is 64.8 Å². The molecule has 0 radical (unpaired) electrons. The number of nitrogens with two attached hydrogens (primary N) is 1. The minimum atomic E-state index is -0.443. The van der Waals surface area contributed by atoms with Gasteiger partial charge in [-0.25, -0.2) is 0 Å². The molecule has 23 heavy (non-hydrogen) atoms. The maximum Gasteiger partial charge on any atom is 0.239 e. The summed E-state index contributed by atoms with van der Waals surface area (Å²) in [5, 5.41) is 0. The molecular weight excluding hydrogens is 384 g/mol. The van der Waals surface area contributed by atoms with Crippen LogP contribution in [0.25, 0.3) is 0 Å². The van der Waals surface area contributed by atoms with Crippen LogP contribution in [-0.4, -0.2) is 50.3 Å². The first kappa shape index (κ1) is 20.2. The summed E-state index contributed by atoms with van der Waals surface area (Å²) in [6.45, 7) is 2.36. The van der Waals surface area contributed by atoms with Gasteiger partial charge in [0.15, 0.2) is 0 Å². The monoisotopic (exact) mass is 406 g/mol. The quantitative estimate of drug-likeness (QED) is 0.787. The predicted molar refractivity (Wildman–Crippen MR) is 96.0 cm³/mol. The Bertz CT molecular complexity index is 481. The molecular formula is C16H24BrClN2O3. The number of likely N-dealkylation sites (N-methyl/N-ethyl adjacent to an activating group) is 1. The van der Waals surface area contributed by atoms with Gasteiger partial charge in [0.05, 0.1) is 12.6 Å². The van der Waals surface area contributed by atoms with E-state index in [0.717, 1.165) is 23.1 Å². The lowest BCUT2D eigenvalue weighted by atomic mass is 9.91. The molecule has 7 heteroatoms. The Labute approximate surface area is 152 Å². The summed E-state index contributed by atoms with van der Waals surface area (Å²) in [6, 6.07) is 7.18. The van der Waals surface area contributed by atoms with Crippen LogP contribution >= 0.6 is 28.3 Å². The Kier molecular flexibility index (Phi) is 8.91. The van der Waals surface area contributed by atoms with E-state index in [0.29, 0.717) is 26.4 Å². The Balaban J connectivity index is 0.00000264. The van der Waals surface area contributed by atoms with Crippen molar-refractivity contribution in [1.29, 1.82) is 0 Å². The molecule has 1 atom stereocenters. The van der Waals surface area contributed by atoms with Crippen LogP contribution in [0.3, 0.4) is 0 Å². The zero-order valence-corrected chi connectivity index (χ0v) is 15.6. The van der Waals surface area contributed by atoms with Gasteiger partial charge in [-0.15, -0.1) is 12.4 Å². The van der Waals surface area contributed by atoms with Gasteiger partial charge in [0.1, 0.15) is 12.4 Å². The van der Waals surface area contributed by atoms with Crippen molar-refractivity contribution in [1.82, 2.24) is 4.90 Å². The van der Waals surface area contributed by atoms with Crippen molar-refractivity contribution in [2.75, 3.05) is 33.4 Å². The van der Waals surface area contributed by atoms with Gasteiger partial charge in [-0.1, -0.05) is 15.9 Å². The minimum absolute atomic E-state index is 0. The fourth-order valence-corrected chi connectivity index (χ4v) is 2.74. The second-order valence-electron chi connectivity index (χ2n) is 5.54. The lowest BCUT2D eigenvalue weighted by Gasteiger charge is -2.29. The van der Waals surface area contributed by atoms with Crippen LogP contribution in [0.1, 0.15) is 12.8 Å². The molecule has 1 amide bonds. The van der Waals surface area contributed by atoms with Crippen molar-refractivity contribution in [3.05, 3.63) is 28.7 Å². The van der Waals surface area contributed by atoms with E-state index in [9.17, 15) is 4.79 Å². The lowest BCUT2D eigenvalue weighted by molar-refractivity contribution is -0.133. The van der Waals surface area contributed by atoms with Gasteiger partial charge >= 0.3 is 0 Å². The summed E-state index contributed by atoms with van der Waals surface area (Å²) < 4.78 is 11.9. The van der Waals surface area contributed by atoms with Crippen LogP contribution in [0.2, 0.25) is 0 Å². The number of hydrogen-bond acceptors (Lipinski definition) is 4. The summed E-state index contributed by atoms with van der Waals surface area (Å²) in [5.41, 5.74) is 6.10. The number of carbonyl (C=O) groups excluding carboxylic acids is 1. The SMILES string of the molecule is CN(CCOc1ccc(Br)cc1)C(=O)C(N)C1CCOCC1.Cl. The van der Waals surface area contributed by atoms with Gasteiger partial charge in [-0.05, 0) is 43.0 Å². The predicted octanol–water partition coefficient (Wildman–Crippen LogP) is 2.46. The molecule has 1 aromatic carbocycles. The van der Waals surface area contributed by atoms with E-state index in [1.165, 1.54) is 0 Å². The third kappa shape index (κ3) is 6.30. The molecule has 1 aliphatic rings.